The minimum atomic E-state index is 0.0186. The summed E-state index contributed by atoms with van der Waals surface area (Å²) in [4.78, 5) is 14.1. The molecule has 0 aliphatic carbocycles. The number of amides is 2. The zero-order valence-corrected chi connectivity index (χ0v) is 12.3. The van der Waals surface area contributed by atoms with Crippen molar-refractivity contribution in [3.8, 4) is 0 Å². The van der Waals surface area contributed by atoms with Gasteiger partial charge in [0.1, 0.15) is 0 Å². The zero-order chi connectivity index (χ0) is 14.7. The molecule has 2 aromatic rings. The Bertz CT molecular complexity index is 634. The van der Waals surface area contributed by atoms with E-state index in [-0.39, 0.29) is 6.03 Å². The molecule has 0 bridgehead atoms. The summed E-state index contributed by atoms with van der Waals surface area (Å²) in [5.41, 5.74) is 4.98. The van der Waals surface area contributed by atoms with Crippen LogP contribution in [0.15, 0.2) is 48.5 Å². The first-order valence-corrected chi connectivity index (χ1v) is 7.37. The van der Waals surface area contributed by atoms with Crippen molar-refractivity contribution in [2.45, 2.75) is 26.4 Å². The van der Waals surface area contributed by atoms with Crippen molar-refractivity contribution in [3.63, 3.8) is 0 Å². The van der Waals surface area contributed by atoms with Gasteiger partial charge in [0.25, 0.3) is 0 Å². The maximum atomic E-state index is 12.3. The van der Waals surface area contributed by atoms with Crippen LogP contribution in [0, 0.1) is 6.92 Å². The van der Waals surface area contributed by atoms with E-state index in [4.69, 9.17) is 0 Å². The monoisotopic (exact) mass is 280 g/mol. The van der Waals surface area contributed by atoms with Crippen LogP contribution in [0.3, 0.4) is 0 Å². The fraction of sp³-hybridized carbons (Fsp3) is 0.278. The molecule has 0 radical (unpaired) electrons. The summed E-state index contributed by atoms with van der Waals surface area (Å²) in [5, 5.41) is 3.01. The number of hydrogen-bond acceptors (Lipinski definition) is 1. The molecule has 0 unspecified atom stereocenters. The van der Waals surface area contributed by atoms with E-state index < -0.39 is 0 Å². The van der Waals surface area contributed by atoms with Crippen molar-refractivity contribution in [3.05, 3.63) is 70.8 Å². The second kappa shape index (κ2) is 6.00. The molecule has 2 aromatic carbocycles. The summed E-state index contributed by atoms with van der Waals surface area (Å²) in [6.45, 7) is 4.14. The number of nitrogens with zero attached hydrogens (tertiary/aromatic N) is 1. The molecule has 2 amide bonds. The van der Waals surface area contributed by atoms with Crippen LogP contribution in [-0.4, -0.2) is 17.5 Å². The van der Waals surface area contributed by atoms with E-state index in [1.165, 1.54) is 16.7 Å². The van der Waals surface area contributed by atoms with Crippen LogP contribution in [0.5, 0.6) is 0 Å². The van der Waals surface area contributed by atoms with Gasteiger partial charge in [-0.25, -0.2) is 4.79 Å². The number of benzene rings is 2. The highest BCUT2D eigenvalue weighted by molar-refractivity contribution is 5.74. The standard InChI is InChI=1S/C18H20N2O/c1-14-6-8-15(9-7-14)12-19-18(21)20-11-10-16-4-2-3-5-17(16)13-20/h2-9H,10-13H2,1H3,(H,19,21). The molecule has 3 heteroatoms. The third-order valence-corrected chi connectivity index (χ3v) is 3.98. The van der Waals surface area contributed by atoms with Gasteiger partial charge in [0.2, 0.25) is 0 Å². The Morgan fingerprint density at radius 1 is 1.10 bits per heavy atom. The Hall–Kier alpha value is -2.29. The van der Waals surface area contributed by atoms with E-state index in [0.29, 0.717) is 13.1 Å². The Kier molecular flexibility index (Phi) is 3.91. The molecule has 0 spiro atoms. The van der Waals surface area contributed by atoms with Crippen molar-refractivity contribution in [2.75, 3.05) is 6.54 Å². The molecular formula is C18H20N2O. The molecule has 1 N–H and O–H groups in total. The molecule has 0 atom stereocenters. The number of carbonyl (C=O) groups excluding carboxylic acids is 1. The molecule has 0 saturated heterocycles. The van der Waals surface area contributed by atoms with Crippen molar-refractivity contribution in [1.29, 1.82) is 0 Å². The summed E-state index contributed by atoms with van der Waals surface area (Å²) < 4.78 is 0. The van der Waals surface area contributed by atoms with Crippen LogP contribution in [0.1, 0.15) is 22.3 Å². The predicted molar refractivity (Wildman–Crippen MR) is 84.0 cm³/mol. The summed E-state index contributed by atoms with van der Waals surface area (Å²) in [5.74, 6) is 0. The third kappa shape index (κ3) is 3.24. The van der Waals surface area contributed by atoms with Gasteiger partial charge in [-0.1, -0.05) is 54.1 Å². The van der Waals surface area contributed by atoms with E-state index >= 15 is 0 Å². The molecule has 3 rings (SSSR count). The number of aryl methyl sites for hydroxylation is 1. The van der Waals surface area contributed by atoms with Gasteiger partial charge in [-0.15, -0.1) is 0 Å². The predicted octanol–water partition coefficient (Wildman–Crippen LogP) is 3.26. The topological polar surface area (TPSA) is 32.3 Å². The lowest BCUT2D eigenvalue weighted by atomic mass is 10.0. The maximum Gasteiger partial charge on any atom is 0.317 e. The molecule has 0 saturated carbocycles. The molecule has 108 valence electrons. The van der Waals surface area contributed by atoms with Crippen molar-refractivity contribution >= 4 is 6.03 Å². The molecule has 0 fully saturated rings. The van der Waals surface area contributed by atoms with Crippen molar-refractivity contribution < 1.29 is 4.79 Å². The maximum absolute atomic E-state index is 12.3. The van der Waals surface area contributed by atoms with Crippen molar-refractivity contribution in [2.24, 2.45) is 0 Å². The first-order valence-electron chi connectivity index (χ1n) is 7.37. The van der Waals surface area contributed by atoms with Crippen molar-refractivity contribution in [1.82, 2.24) is 10.2 Å². The van der Waals surface area contributed by atoms with E-state index in [0.717, 1.165) is 18.5 Å². The minimum absolute atomic E-state index is 0.0186. The smallest absolute Gasteiger partial charge is 0.317 e. The molecule has 3 nitrogen and oxygen atoms in total. The Balaban J connectivity index is 1.58. The Morgan fingerprint density at radius 3 is 2.57 bits per heavy atom. The van der Waals surface area contributed by atoms with Crippen LogP contribution in [-0.2, 0) is 19.5 Å². The molecule has 0 aromatic heterocycles. The van der Waals surface area contributed by atoms with E-state index in [1.807, 2.05) is 11.0 Å². The summed E-state index contributed by atoms with van der Waals surface area (Å²) in [7, 11) is 0. The quantitative estimate of drug-likeness (QED) is 0.899. The second-order valence-electron chi connectivity index (χ2n) is 5.58. The molecule has 21 heavy (non-hydrogen) atoms. The fourth-order valence-electron chi connectivity index (χ4n) is 2.66. The summed E-state index contributed by atoms with van der Waals surface area (Å²) >= 11 is 0. The molecule has 1 aliphatic rings. The van der Waals surface area contributed by atoms with Crippen LogP contribution < -0.4 is 5.32 Å². The average molecular weight is 280 g/mol. The highest BCUT2D eigenvalue weighted by Crippen LogP contribution is 2.18. The second-order valence-corrected chi connectivity index (χ2v) is 5.58. The zero-order valence-electron chi connectivity index (χ0n) is 12.3. The van der Waals surface area contributed by atoms with E-state index in [2.05, 4.69) is 54.7 Å². The number of hydrogen-bond donors (Lipinski definition) is 1. The lowest BCUT2D eigenvalue weighted by molar-refractivity contribution is 0.192. The number of rotatable bonds is 2. The summed E-state index contributed by atoms with van der Waals surface area (Å²) in [6, 6.07) is 16.6. The van der Waals surface area contributed by atoms with Gasteiger partial charge >= 0.3 is 6.03 Å². The van der Waals surface area contributed by atoms with Crippen LogP contribution in [0.25, 0.3) is 0 Å². The first kappa shape index (κ1) is 13.7. The summed E-state index contributed by atoms with van der Waals surface area (Å²) in [6.07, 6.45) is 0.939. The molecule has 1 heterocycles. The van der Waals surface area contributed by atoms with Gasteiger partial charge < -0.3 is 10.2 Å². The number of fused-ring (bicyclic) bond motifs is 1. The number of urea groups is 1. The largest absolute Gasteiger partial charge is 0.334 e. The van der Waals surface area contributed by atoms with Gasteiger partial charge in [0.15, 0.2) is 0 Å². The normalized spacial score (nSPS) is 13.7. The van der Waals surface area contributed by atoms with Gasteiger partial charge in [0, 0.05) is 19.6 Å². The SMILES string of the molecule is Cc1ccc(CNC(=O)N2CCc3ccccc3C2)cc1. The van der Waals surface area contributed by atoms with E-state index in [9.17, 15) is 4.79 Å². The van der Waals surface area contributed by atoms with Gasteiger partial charge in [0.05, 0.1) is 0 Å². The minimum Gasteiger partial charge on any atom is -0.334 e. The average Bonchev–Trinajstić information content (AvgIpc) is 2.53. The van der Waals surface area contributed by atoms with Gasteiger partial charge in [-0.2, -0.15) is 0 Å². The van der Waals surface area contributed by atoms with Crippen LogP contribution in [0.2, 0.25) is 0 Å². The molecule has 1 aliphatic heterocycles. The lowest BCUT2D eigenvalue weighted by Crippen LogP contribution is -2.42. The van der Waals surface area contributed by atoms with E-state index in [1.54, 1.807) is 0 Å². The number of carbonyl (C=O) groups is 1. The van der Waals surface area contributed by atoms with Gasteiger partial charge in [-0.05, 0) is 30.0 Å². The Morgan fingerprint density at radius 2 is 1.81 bits per heavy atom. The lowest BCUT2D eigenvalue weighted by Gasteiger charge is -2.29. The number of nitrogens with one attached hydrogen (secondary N) is 1. The molecular weight excluding hydrogens is 260 g/mol. The first-order chi connectivity index (χ1) is 10.2. The Labute approximate surface area is 125 Å². The highest BCUT2D eigenvalue weighted by Gasteiger charge is 2.19. The van der Waals surface area contributed by atoms with Gasteiger partial charge in [-0.3, -0.25) is 0 Å². The van der Waals surface area contributed by atoms with Crippen LogP contribution in [0.4, 0.5) is 4.79 Å². The fourth-order valence-corrected chi connectivity index (χ4v) is 2.66. The third-order valence-electron chi connectivity index (χ3n) is 3.98. The van der Waals surface area contributed by atoms with Crippen LogP contribution >= 0.6 is 0 Å². The highest BCUT2D eigenvalue weighted by atomic mass is 16.2.